The Labute approximate surface area is 108 Å². The van der Waals surface area contributed by atoms with Gasteiger partial charge in [0.1, 0.15) is 0 Å². The van der Waals surface area contributed by atoms with Gasteiger partial charge in [0.05, 0.1) is 25.0 Å². The highest BCUT2D eigenvalue weighted by Crippen LogP contribution is 2.31. The Morgan fingerprint density at radius 3 is 2.83 bits per heavy atom. The van der Waals surface area contributed by atoms with Crippen LogP contribution in [0, 0.1) is 5.92 Å². The van der Waals surface area contributed by atoms with Gasteiger partial charge in [0.2, 0.25) is 0 Å². The second kappa shape index (κ2) is 6.03. The number of hydrogen-bond acceptors (Lipinski definition) is 3. The van der Waals surface area contributed by atoms with E-state index in [-0.39, 0.29) is 12.4 Å². The third-order valence-corrected chi connectivity index (χ3v) is 3.69. The number of imidazole rings is 1. The van der Waals surface area contributed by atoms with Crippen LogP contribution in [0.15, 0.2) is 12.5 Å². The zero-order valence-electron chi connectivity index (χ0n) is 11.3. The smallest absolute Gasteiger partial charge is 0.311 e. The van der Waals surface area contributed by atoms with Gasteiger partial charge >= 0.3 is 5.97 Å². The molecule has 0 atom stereocenters. The molecule has 4 heteroatoms. The molecule has 2 rings (SSSR count). The number of carbonyl (C=O) groups is 1. The Morgan fingerprint density at radius 1 is 1.44 bits per heavy atom. The Kier molecular flexibility index (Phi) is 4.39. The first-order valence-corrected chi connectivity index (χ1v) is 6.87. The number of ether oxygens (including phenoxy) is 1. The third kappa shape index (κ3) is 3.34. The van der Waals surface area contributed by atoms with Gasteiger partial charge in [0, 0.05) is 12.2 Å². The van der Waals surface area contributed by atoms with Crippen LogP contribution in [0.5, 0.6) is 0 Å². The van der Waals surface area contributed by atoms with Crippen LogP contribution in [0.3, 0.4) is 0 Å². The molecule has 0 radical (unpaired) electrons. The van der Waals surface area contributed by atoms with Crippen molar-refractivity contribution in [1.82, 2.24) is 9.55 Å². The second-order valence-electron chi connectivity index (χ2n) is 5.21. The highest BCUT2D eigenvalue weighted by atomic mass is 16.5. The van der Waals surface area contributed by atoms with E-state index >= 15 is 0 Å². The van der Waals surface area contributed by atoms with E-state index in [0.717, 1.165) is 11.6 Å². The van der Waals surface area contributed by atoms with Gasteiger partial charge in [-0.2, -0.15) is 0 Å². The molecule has 1 saturated carbocycles. The highest BCUT2D eigenvalue weighted by molar-refractivity contribution is 5.71. The molecule has 1 aromatic heterocycles. The summed E-state index contributed by atoms with van der Waals surface area (Å²) in [5.41, 5.74) is 0.812. The van der Waals surface area contributed by atoms with E-state index in [9.17, 15) is 4.79 Å². The van der Waals surface area contributed by atoms with E-state index in [2.05, 4.69) is 16.5 Å². The molecule has 0 amide bonds. The molecule has 4 nitrogen and oxygen atoms in total. The molecule has 0 aliphatic heterocycles. The largest absolute Gasteiger partial charge is 0.466 e. The monoisotopic (exact) mass is 250 g/mol. The summed E-state index contributed by atoms with van der Waals surface area (Å²) in [6.07, 6.45) is 9.15. The lowest BCUT2D eigenvalue weighted by molar-refractivity contribution is -0.142. The first kappa shape index (κ1) is 13.1. The first-order valence-electron chi connectivity index (χ1n) is 6.87. The number of carbonyl (C=O) groups excluding carboxylic acids is 1. The van der Waals surface area contributed by atoms with E-state index < -0.39 is 0 Å². The number of rotatable bonds is 4. The van der Waals surface area contributed by atoms with Crippen LogP contribution in [0.2, 0.25) is 0 Å². The van der Waals surface area contributed by atoms with Crippen molar-refractivity contribution in [2.24, 2.45) is 5.92 Å². The molecule has 0 spiro atoms. The molecule has 1 fully saturated rings. The molecule has 18 heavy (non-hydrogen) atoms. The Morgan fingerprint density at radius 2 is 2.17 bits per heavy atom. The van der Waals surface area contributed by atoms with Crippen LogP contribution in [0.25, 0.3) is 0 Å². The molecular formula is C14H22N2O2. The molecule has 1 heterocycles. The number of hydrogen-bond donors (Lipinski definition) is 0. The summed E-state index contributed by atoms with van der Waals surface area (Å²) in [7, 11) is 0. The summed E-state index contributed by atoms with van der Waals surface area (Å²) in [6, 6.07) is 0.560. The van der Waals surface area contributed by atoms with Gasteiger partial charge < -0.3 is 9.30 Å². The molecule has 100 valence electrons. The van der Waals surface area contributed by atoms with Gasteiger partial charge in [0.15, 0.2) is 0 Å². The third-order valence-electron chi connectivity index (χ3n) is 3.69. The minimum atomic E-state index is -0.194. The van der Waals surface area contributed by atoms with Crippen LogP contribution in [0.4, 0.5) is 0 Å². The van der Waals surface area contributed by atoms with Crippen molar-refractivity contribution in [2.75, 3.05) is 6.61 Å². The van der Waals surface area contributed by atoms with Crippen molar-refractivity contribution >= 4 is 5.97 Å². The topological polar surface area (TPSA) is 44.1 Å². The van der Waals surface area contributed by atoms with E-state index in [1.54, 1.807) is 0 Å². The molecule has 1 aliphatic rings. The van der Waals surface area contributed by atoms with Crippen LogP contribution >= 0.6 is 0 Å². The maximum Gasteiger partial charge on any atom is 0.311 e. The van der Waals surface area contributed by atoms with Crippen molar-refractivity contribution in [1.29, 1.82) is 0 Å². The van der Waals surface area contributed by atoms with Crippen molar-refractivity contribution in [2.45, 2.75) is 52.0 Å². The maximum atomic E-state index is 11.4. The van der Waals surface area contributed by atoms with Gasteiger partial charge in [-0.05, 0) is 38.5 Å². The molecular weight excluding hydrogens is 228 g/mol. The van der Waals surface area contributed by atoms with Crippen LogP contribution in [-0.4, -0.2) is 22.1 Å². The normalized spacial score (nSPS) is 23.9. The second-order valence-corrected chi connectivity index (χ2v) is 5.21. The molecule has 1 aliphatic carbocycles. The molecule has 0 saturated heterocycles. The van der Waals surface area contributed by atoms with E-state index in [1.807, 2.05) is 19.4 Å². The van der Waals surface area contributed by atoms with Crippen LogP contribution < -0.4 is 0 Å². The van der Waals surface area contributed by atoms with Crippen molar-refractivity contribution in [3.8, 4) is 0 Å². The zero-order valence-corrected chi connectivity index (χ0v) is 11.3. The predicted octanol–water partition coefficient (Wildman–Crippen LogP) is 2.74. The first-order chi connectivity index (χ1) is 8.69. The van der Waals surface area contributed by atoms with E-state index in [0.29, 0.717) is 12.6 Å². The fourth-order valence-corrected chi connectivity index (χ4v) is 2.57. The predicted molar refractivity (Wildman–Crippen MR) is 69.2 cm³/mol. The standard InChI is InChI=1S/C14H22N2O2/c1-3-18-14(17)8-12-9-16(10-15-12)13-6-4-11(2)5-7-13/h9-11,13H,3-8H2,1-2H3/t11-,13-. The van der Waals surface area contributed by atoms with Crippen LogP contribution in [-0.2, 0) is 16.0 Å². The average molecular weight is 250 g/mol. The summed E-state index contributed by atoms with van der Waals surface area (Å²) in [5, 5.41) is 0. The van der Waals surface area contributed by atoms with Crippen molar-refractivity contribution in [3.63, 3.8) is 0 Å². The van der Waals surface area contributed by atoms with Gasteiger partial charge in [0.25, 0.3) is 0 Å². The highest BCUT2D eigenvalue weighted by Gasteiger charge is 2.20. The fraction of sp³-hybridized carbons (Fsp3) is 0.714. The zero-order chi connectivity index (χ0) is 13.0. The lowest BCUT2D eigenvalue weighted by atomic mass is 9.87. The van der Waals surface area contributed by atoms with Gasteiger partial charge in [-0.15, -0.1) is 0 Å². The molecule has 0 N–H and O–H groups in total. The quantitative estimate of drug-likeness (QED) is 0.772. The number of esters is 1. The number of nitrogens with zero attached hydrogens (tertiary/aromatic N) is 2. The Hall–Kier alpha value is -1.32. The summed E-state index contributed by atoms with van der Waals surface area (Å²) in [4.78, 5) is 15.7. The van der Waals surface area contributed by atoms with E-state index in [1.165, 1.54) is 25.7 Å². The molecule has 0 aromatic carbocycles. The van der Waals surface area contributed by atoms with Gasteiger partial charge in [-0.1, -0.05) is 6.92 Å². The average Bonchev–Trinajstić information content (AvgIpc) is 2.78. The summed E-state index contributed by atoms with van der Waals surface area (Å²) < 4.78 is 7.09. The van der Waals surface area contributed by atoms with Crippen LogP contribution in [0.1, 0.15) is 51.3 Å². The summed E-state index contributed by atoms with van der Waals surface area (Å²) in [5.74, 6) is 0.656. The minimum absolute atomic E-state index is 0.194. The lowest BCUT2D eigenvalue weighted by Gasteiger charge is -2.26. The van der Waals surface area contributed by atoms with Crippen molar-refractivity contribution < 1.29 is 9.53 Å². The van der Waals surface area contributed by atoms with Crippen molar-refractivity contribution in [3.05, 3.63) is 18.2 Å². The fourth-order valence-electron chi connectivity index (χ4n) is 2.57. The summed E-state index contributed by atoms with van der Waals surface area (Å²) >= 11 is 0. The Bertz CT molecular complexity index is 392. The molecule has 0 bridgehead atoms. The lowest BCUT2D eigenvalue weighted by Crippen LogP contribution is -2.15. The maximum absolute atomic E-state index is 11.4. The SMILES string of the molecule is CCOC(=O)Cc1cn([C@H]2CC[C@H](C)CC2)cn1. The minimum Gasteiger partial charge on any atom is -0.466 e. The van der Waals surface area contributed by atoms with Gasteiger partial charge in [-0.3, -0.25) is 4.79 Å². The van der Waals surface area contributed by atoms with Gasteiger partial charge in [-0.25, -0.2) is 4.98 Å². The summed E-state index contributed by atoms with van der Waals surface area (Å²) in [6.45, 7) is 4.57. The Balaban J connectivity index is 1.91. The molecule has 1 aromatic rings. The number of aromatic nitrogens is 2. The van der Waals surface area contributed by atoms with E-state index in [4.69, 9.17) is 4.74 Å². The molecule has 0 unspecified atom stereocenters.